The number of carbonyl (C=O) groups excluding carboxylic acids is 1. The van der Waals surface area contributed by atoms with Crippen LogP contribution in [-0.2, 0) is 0 Å². The lowest BCUT2D eigenvalue weighted by Crippen LogP contribution is -2.12. The standard InChI is InChI=1S/C26H20N4O2/c1-18-27-24(30-15-4-5-16-30)17-25(28-18)32-21-13-11-20(12-14-21)29-26(31)23-10-6-8-19-7-2-3-9-22(19)23/h2-17H,1H3,(H,29,31). The van der Waals surface area contributed by atoms with Crippen molar-refractivity contribution < 1.29 is 9.53 Å². The van der Waals surface area contributed by atoms with Crippen molar-refractivity contribution in [1.82, 2.24) is 14.5 Å². The molecule has 1 amide bonds. The first-order chi connectivity index (χ1) is 15.7. The number of aromatic nitrogens is 3. The molecule has 0 fully saturated rings. The molecule has 0 atom stereocenters. The van der Waals surface area contributed by atoms with Crippen LogP contribution in [0.3, 0.4) is 0 Å². The fourth-order valence-electron chi connectivity index (χ4n) is 3.55. The molecule has 1 N–H and O–H groups in total. The van der Waals surface area contributed by atoms with Crippen molar-refractivity contribution in [3.8, 4) is 17.4 Å². The lowest BCUT2D eigenvalue weighted by atomic mass is 10.0. The van der Waals surface area contributed by atoms with Gasteiger partial charge in [0, 0.05) is 29.7 Å². The predicted octanol–water partition coefficient (Wildman–Crippen LogP) is 5.77. The SMILES string of the molecule is Cc1nc(Oc2ccc(NC(=O)c3cccc4ccccc34)cc2)cc(-n2cccc2)n1. The normalized spacial score (nSPS) is 10.8. The number of ether oxygens (including phenoxy) is 1. The Kier molecular flexibility index (Phi) is 5.09. The van der Waals surface area contributed by atoms with Gasteiger partial charge in [-0.3, -0.25) is 4.79 Å². The Balaban J connectivity index is 1.32. The molecule has 0 aliphatic rings. The summed E-state index contributed by atoms with van der Waals surface area (Å²) in [7, 11) is 0. The third-order valence-electron chi connectivity index (χ3n) is 5.04. The third-order valence-corrected chi connectivity index (χ3v) is 5.04. The van der Waals surface area contributed by atoms with Crippen molar-refractivity contribution in [2.45, 2.75) is 6.92 Å². The lowest BCUT2D eigenvalue weighted by molar-refractivity contribution is 0.102. The molecule has 0 aliphatic heterocycles. The smallest absolute Gasteiger partial charge is 0.256 e. The van der Waals surface area contributed by atoms with Crippen molar-refractivity contribution in [3.63, 3.8) is 0 Å². The van der Waals surface area contributed by atoms with Crippen LogP contribution in [0.25, 0.3) is 16.6 Å². The summed E-state index contributed by atoms with van der Waals surface area (Å²) in [5, 5.41) is 4.91. The van der Waals surface area contributed by atoms with Crippen LogP contribution in [0.5, 0.6) is 11.6 Å². The zero-order valence-electron chi connectivity index (χ0n) is 17.4. The molecular formula is C26H20N4O2. The molecule has 2 heterocycles. The minimum Gasteiger partial charge on any atom is -0.439 e. The van der Waals surface area contributed by atoms with Crippen molar-refractivity contribution in [2.75, 3.05) is 5.32 Å². The molecule has 0 unspecified atom stereocenters. The van der Waals surface area contributed by atoms with Gasteiger partial charge in [-0.15, -0.1) is 0 Å². The van der Waals surface area contributed by atoms with Gasteiger partial charge in [0.2, 0.25) is 5.88 Å². The van der Waals surface area contributed by atoms with Gasteiger partial charge in [-0.25, -0.2) is 4.98 Å². The van der Waals surface area contributed by atoms with Crippen LogP contribution in [0.4, 0.5) is 5.69 Å². The highest BCUT2D eigenvalue weighted by Crippen LogP contribution is 2.24. The van der Waals surface area contributed by atoms with Crippen molar-refractivity contribution >= 4 is 22.4 Å². The molecule has 2 aromatic heterocycles. The summed E-state index contributed by atoms with van der Waals surface area (Å²) in [6, 6.07) is 26.4. The number of rotatable bonds is 5. The van der Waals surface area contributed by atoms with E-state index in [0.717, 1.165) is 16.6 Å². The van der Waals surface area contributed by atoms with E-state index in [2.05, 4.69) is 15.3 Å². The van der Waals surface area contributed by atoms with E-state index in [0.29, 0.717) is 28.7 Å². The highest BCUT2D eigenvalue weighted by molar-refractivity contribution is 6.12. The third kappa shape index (κ3) is 4.06. The Morgan fingerprint density at radius 2 is 1.62 bits per heavy atom. The monoisotopic (exact) mass is 420 g/mol. The Labute approximate surface area is 185 Å². The van der Waals surface area contributed by atoms with E-state index < -0.39 is 0 Å². The van der Waals surface area contributed by atoms with Crippen LogP contribution in [-0.4, -0.2) is 20.4 Å². The van der Waals surface area contributed by atoms with E-state index in [9.17, 15) is 4.79 Å². The number of nitrogens with zero attached hydrogens (tertiary/aromatic N) is 3. The maximum Gasteiger partial charge on any atom is 0.256 e. The topological polar surface area (TPSA) is 69.0 Å². The Morgan fingerprint density at radius 1 is 0.875 bits per heavy atom. The maximum absolute atomic E-state index is 12.8. The molecule has 5 aromatic rings. The zero-order chi connectivity index (χ0) is 21.9. The van der Waals surface area contributed by atoms with E-state index in [4.69, 9.17) is 4.74 Å². The molecule has 0 saturated carbocycles. The number of hydrogen-bond donors (Lipinski definition) is 1. The molecule has 0 saturated heterocycles. The van der Waals surface area contributed by atoms with E-state index in [1.54, 1.807) is 30.3 Å². The van der Waals surface area contributed by atoms with Gasteiger partial charge in [0.15, 0.2) is 0 Å². The largest absolute Gasteiger partial charge is 0.439 e. The summed E-state index contributed by atoms with van der Waals surface area (Å²) in [4.78, 5) is 21.6. The van der Waals surface area contributed by atoms with Gasteiger partial charge in [-0.1, -0.05) is 36.4 Å². The molecule has 5 rings (SSSR count). The number of amides is 1. The molecule has 0 aliphatic carbocycles. The van der Waals surface area contributed by atoms with E-state index in [-0.39, 0.29) is 5.91 Å². The average molecular weight is 420 g/mol. The van der Waals surface area contributed by atoms with Gasteiger partial charge in [0.1, 0.15) is 17.4 Å². The van der Waals surface area contributed by atoms with Gasteiger partial charge < -0.3 is 14.6 Å². The van der Waals surface area contributed by atoms with E-state index in [1.807, 2.05) is 78.5 Å². The summed E-state index contributed by atoms with van der Waals surface area (Å²) in [5.74, 6) is 2.26. The molecule has 6 nitrogen and oxygen atoms in total. The Bertz CT molecular complexity index is 1390. The highest BCUT2D eigenvalue weighted by atomic mass is 16.5. The first-order valence-electron chi connectivity index (χ1n) is 10.2. The quantitative estimate of drug-likeness (QED) is 0.392. The summed E-state index contributed by atoms with van der Waals surface area (Å²) < 4.78 is 7.82. The van der Waals surface area contributed by atoms with Crippen molar-refractivity contribution in [1.29, 1.82) is 0 Å². The second-order valence-corrected chi connectivity index (χ2v) is 7.31. The van der Waals surface area contributed by atoms with Crippen LogP contribution in [0.1, 0.15) is 16.2 Å². The van der Waals surface area contributed by atoms with E-state index in [1.165, 1.54) is 0 Å². The fraction of sp³-hybridized carbons (Fsp3) is 0.0385. The number of carbonyl (C=O) groups is 1. The molecule has 3 aromatic carbocycles. The molecule has 32 heavy (non-hydrogen) atoms. The molecule has 0 bridgehead atoms. The average Bonchev–Trinajstić information content (AvgIpc) is 3.35. The van der Waals surface area contributed by atoms with Gasteiger partial charge in [0.25, 0.3) is 5.91 Å². The maximum atomic E-state index is 12.8. The van der Waals surface area contributed by atoms with Crippen molar-refractivity contribution in [2.24, 2.45) is 0 Å². The summed E-state index contributed by atoms with van der Waals surface area (Å²) in [6.07, 6.45) is 3.83. The van der Waals surface area contributed by atoms with Crippen molar-refractivity contribution in [3.05, 3.63) is 109 Å². The summed E-state index contributed by atoms with van der Waals surface area (Å²) in [6.45, 7) is 1.83. The summed E-state index contributed by atoms with van der Waals surface area (Å²) in [5.41, 5.74) is 1.32. The number of benzene rings is 3. The molecule has 0 radical (unpaired) electrons. The van der Waals surface area contributed by atoms with Crippen LogP contribution < -0.4 is 10.1 Å². The minimum atomic E-state index is -0.154. The van der Waals surface area contributed by atoms with Gasteiger partial charge in [-0.2, -0.15) is 4.98 Å². The number of hydrogen-bond acceptors (Lipinski definition) is 4. The van der Waals surface area contributed by atoms with Crippen LogP contribution >= 0.6 is 0 Å². The first kappa shape index (κ1) is 19.5. The second-order valence-electron chi connectivity index (χ2n) is 7.31. The minimum absolute atomic E-state index is 0.154. The summed E-state index contributed by atoms with van der Waals surface area (Å²) >= 11 is 0. The van der Waals surface area contributed by atoms with E-state index >= 15 is 0 Å². The Hall–Kier alpha value is -4.45. The fourth-order valence-corrected chi connectivity index (χ4v) is 3.55. The zero-order valence-corrected chi connectivity index (χ0v) is 17.4. The van der Waals surface area contributed by atoms with Crippen LogP contribution in [0.15, 0.2) is 97.3 Å². The number of nitrogens with one attached hydrogen (secondary N) is 1. The highest BCUT2D eigenvalue weighted by Gasteiger charge is 2.11. The van der Waals surface area contributed by atoms with Crippen LogP contribution in [0, 0.1) is 6.92 Å². The van der Waals surface area contributed by atoms with Gasteiger partial charge in [0.05, 0.1) is 0 Å². The molecule has 6 heteroatoms. The Morgan fingerprint density at radius 3 is 2.44 bits per heavy atom. The van der Waals surface area contributed by atoms with Gasteiger partial charge >= 0.3 is 0 Å². The number of anilines is 1. The van der Waals surface area contributed by atoms with Crippen LogP contribution in [0.2, 0.25) is 0 Å². The lowest BCUT2D eigenvalue weighted by Gasteiger charge is -2.10. The predicted molar refractivity (Wildman–Crippen MR) is 125 cm³/mol. The second kappa shape index (κ2) is 8.35. The molecule has 0 spiro atoms. The first-order valence-corrected chi connectivity index (χ1v) is 10.2. The molecular weight excluding hydrogens is 400 g/mol. The van der Waals surface area contributed by atoms with Gasteiger partial charge in [-0.05, 0) is 60.2 Å². The number of fused-ring (bicyclic) bond motifs is 1. The number of aryl methyl sites for hydroxylation is 1. The molecule has 156 valence electrons.